The van der Waals surface area contributed by atoms with Crippen molar-refractivity contribution < 1.29 is 8.78 Å². The van der Waals surface area contributed by atoms with Gasteiger partial charge in [-0.3, -0.25) is 0 Å². The van der Waals surface area contributed by atoms with Crippen LogP contribution in [-0.2, 0) is 6.54 Å². The number of likely N-dealkylation sites (N-methyl/N-ethyl adjacent to an activating group) is 1. The van der Waals surface area contributed by atoms with Crippen LogP contribution in [-0.4, -0.2) is 40.9 Å². The van der Waals surface area contributed by atoms with Crippen LogP contribution in [0.15, 0.2) is 18.2 Å². The predicted octanol–water partition coefficient (Wildman–Crippen LogP) is 3.20. The van der Waals surface area contributed by atoms with Crippen LogP contribution in [0.1, 0.15) is 30.8 Å². The van der Waals surface area contributed by atoms with Crippen LogP contribution < -0.4 is 5.32 Å². The molecule has 0 aliphatic rings. The maximum absolute atomic E-state index is 14.0. The Kier molecular flexibility index (Phi) is 5.40. The Morgan fingerprint density at radius 3 is 2.46 bits per heavy atom. The molecule has 0 unspecified atom stereocenters. The van der Waals surface area contributed by atoms with Crippen LogP contribution >= 0.6 is 0 Å². The molecule has 0 bridgehead atoms. The molecule has 0 atom stereocenters. The highest BCUT2D eigenvalue weighted by Crippen LogP contribution is 2.21. The van der Waals surface area contributed by atoms with Gasteiger partial charge in [0.2, 0.25) is 0 Å². The van der Waals surface area contributed by atoms with Crippen LogP contribution in [0.25, 0.3) is 5.69 Å². The van der Waals surface area contributed by atoms with Gasteiger partial charge < -0.3 is 10.2 Å². The molecular formula is C18H26F2N4. The topological polar surface area (TPSA) is 33.1 Å². The van der Waals surface area contributed by atoms with Crippen molar-refractivity contribution in [3.63, 3.8) is 0 Å². The van der Waals surface area contributed by atoms with Gasteiger partial charge in [-0.25, -0.2) is 13.5 Å². The minimum Gasteiger partial charge on any atom is -0.311 e. The number of nitrogens with zero attached hydrogens (tertiary/aromatic N) is 3. The normalized spacial score (nSPS) is 12.2. The Bertz CT molecular complexity index is 720. The fourth-order valence-electron chi connectivity index (χ4n) is 2.47. The summed E-state index contributed by atoms with van der Waals surface area (Å²) in [6, 6.07) is 3.53. The molecule has 6 heteroatoms. The standard InChI is InChI=1S/C18H26F2N4/c1-12-15(10-21-11-18(3,4)23(5)6)13(2)24(22-12)17-8-7-14(19)9-16(17)20/h7-9,21H,10-11H2,1-6H3. The zero-order valence-corrected chi connectivity index (χ0v) is 15.2. The molecule has 24 heavy (non-hydrogen) atoms. The largest absolute Gasteiger partial charge is 0.311 e. The van der Waals surface area contributed by atoms with E-state index in [1.165, 1.54) is 16.8 Å². The Balaban J connectivity index is 2.20. The van der Waals surface area contributed by atoms with Crippen molar-refractivity contribution >= 4 is 0 Å². The van der Waals surface area contributed by atoms with Crippen molar-refractivity contribution in [1.82, 2.24) is 20.0 Å². The summed E-state index contributed by atoms with van der Waals surface area (Å²) in [4.78, 5) is 2.16. The molecule has 2 aromatic rings. The van der Waals surface area contributed by atoms with E-state index in [1.54, 1.807) is 0 Å². The number of halogens is 2. The molecular weight excluding hydrogens is 310 g/mol. The van der Waals surface area contributed by atoms with Crippen LogP contribution in [0, 0.1) is 25.5 Å². The molecule has 0 spiro atoms. The lowest BCUT2D eigenvalue weighted by molar-refractivity contribution is 0.189. The van der Waals surface area contributed by atoms with E-state index in [4.69, 9.17) is 0 Å². The average molecular weight is 336 g/mol. The van der Waals surface area contributed by atoms with Crippen LogP contribution in [0.3, 0.4) is 0 Å². The summed E-state index contributed by atoms with van der Waals surface area (Å²) in [5.74, 6) is -1.21. The minimum atomic E-state index is -0.617. The number of rotatable bonds is 6. The van der Waals surface area contributed by atoms with E-state index in [0.717, 1.165) is 29.6 Å². The summed E-state index contributed by atoms with van der Waals surface area (Å²) < 4.78 is 28.7. The first-order chi connectivity index (χ1) is 11.1. The second-order valence-electron chi connectivity index (χ2n) is 6.97. The molecule has 0 fully saturated rings. The Hall–Kier alpha value is -1.79. The predicted molar refractivity (Wildman–Crippen MR) is 92.4 cm³/mol. The number of aryl methyl sites for hydroxylation is 1. The first kappa shape index (κ1) is 18.5. The molecule has 4 nitrogen and oxygen atoms in total. The van der Waals surface area contributed by atoms with E-state index in [1.807, 2.05) is 27.9 Å². The van der Waals surface area contributed by atoms with E-state index in [9.17, 15) is 8.78 Å². The van der Waals surface area contributed by atoms with Gasteiger partial charge in [0.1, 0.15) is 11.5 Å². The fraction of sp³-hybridized carbons (Fsp3) is 0.500. The summed E-state index contributed by atoms with van der Waals surface area (Å²) in [7, 11) is 4.10. The second kappa shape index (κ2) is 6.99. The average Bonchev–Trinajstić information content (AvgIpc) is 2.75. The van der Waals surface area contributed by atoms with Crippen molar-refractivity contribution in [1.29, 1.82) is 0 Å². The quantitative estimate of drug-likeness (QED) is 0.879. The van der Waals surface area contributed by atoms with E-state index in [-0.39, 0.29) is 11.2 Å². The molecule has 0 saturated heterocycles. The third-order valence-corrected chi connectivity index (χ3v) is 4.65. The molecule has 0 saturated carbocycles. The van der Waals surface area contributed by atoms with Crippen LogP contribution in [0.2, 0.25) is 0 Å². The maximum atomic E-state index is 14.0. The molecule has 1 N–H and O–H groups in total. The molecule has 1 heterocycles. The monoisotopic (exact) mass is 336 g/mol. The van der Waals surface area contributed by atoms with Crippen molar-refractivity contribution in [2.24, 2.45) is 0 Å². The summed E-state index contributed by atoms with van der Waals surface area (Å²) in [6.07, 6.45) is 0. The van der Waals surface area contributed by atoms with Gasteiger partial charge in [-0.2, -0.15) is 5.10 Å². The molecule has 0 aliphatic heterocycles. The first-order valence-corrected chi connectivity index (χ1v) is 8.02. The number of nitrogens with one attached hydrogen (secondary N) is 1. The Labute approximate surface area is 142 Å². The zero-order valence-electron chi connectivity index (χ0n) is 15.2. The number of benzene rings is 1. The molecule has 0 amide bonds. The highest BCUT2D eigenvalue weighted by molar-refractivity contribution is 5.38. The number of hydrogen-bond acceptors (Lipinski definition) is 3. The lowest BCUT2D eigenvalue weighted by Gasteiger charge is -2.32. The van der Waals surface area contributed by atoms with Crippen molar-refractivity contribution in [3.05, 3.63) is 46.8 Å². The lowest BCUT2D eigenvalue weighted by atomic mass is 10.0. The summed E-state index contributed by atoms with van der Waals surface area (Å²) >= 11 is 0. The van der Waals surface area contributed by atoms with Gasteiger partial charge in [-0.05, 0) is 53.9 Å². The summed E-state index contributed by atoms with van der Waals surface area (Å²) in [5, 5.41) is 7.87. The zero-order chi connectivity index (χ0) is 18.1. The summed E-state index contributed by atoms with van der Waals surface area (Å²) in [5.41, 5.74) is 3.02. The SMILES string of the molecule is Cc1nn(-c2ccc(F)cc2F)c(C)c1CNCC(C)(C)N(C)C. The Morgan fingerprint density at radius 2 is 1.88 bits per heavy atom. The smallest absolute Gasteiger partial charge is 0.151 e. The molecule has 132 valence electrons. The molecule has 1 aromatic carbocycles. The minimum absolute atomic E-state index is 0.0286. The second-order valence-corrected chi connectivity index (χ2v) is 6.97. The summed E-state index contributed by atoms with van der Waals surface area (Å²) in [6.45, 7) is 9.59. The van der Waals surface area contributed by atoms with Crippen LogP contribution in [0.5, 0.6) is 0 Å². The molecule has 0 radical (unpaired) electrons. The molecule has 2 rings (SSSR count). The lowest BCUT2D eigenvalue weighted by Crippen LogP contribution is -2.46. The van der Waals surface area contributed by atoms with Gasteiger partial charge in [0.05, 0.1) is 5.69 Å². The highest BCUT2D eigenvalue weighted by Gasteiger charge is 2.21. The van der Waals surface area contributed by atoms with Gasteiger partial charge in [0.15, 0.2) is 5.82 Å². The fourth-order valence-corrected chi connectivity index (χ4v) is 2.47. The van der Waals surface area contributed by atoms with Crippen molar-refractivity contribution in [2.75, 3.05) is 20.6 Å². The van der Waals surface area contributed by atoms with Gasteiger partial charge in [-0.1, -0.05) is 0 Å². The van der Waals surface area contributed by atoms with E-state index >= 15 is 0 Å². The Morgan fingerprint density at radius 1 is 1.21 bits per heavy atom. The first-order valence-electron chi connectivity index (χ1n) is 8.02. The third kappa shape index (κ3) is 3.82. The van der Waals surface area contributed by atoms with Crippen molar-refractivity contribution in [3.8, 4) is 5.69 Å². The number of aromatic nitrogens is 2. The van der Waals surface area contributed by atoms with E-state index in [2.05, 4.69) is 29.2 Å². The van der Waals surface area contributed by atoms with Gasteiger partial charge in [0.25, 0.3) is 0 Å². The number of hydrogen-bond donors (Lipinski definition) is 1. The maximum Gasteiger partial charge on any atom is 0.151 e. The van der Waals surface area contributed by atoms with Gasteiger partial charge in [0, 0.05) is 36.0 Å². The van der Waals surface area contributed by atoms with Crippen molar-refractivity contribution in [2.45, 2.75) is 39.8 Å². The highest BCUT2D eigenvalue weighted by atomic mass is 19.1. The van der Waals surface area contributed by atoms with Gasteiger partial charge in [-0.15, -0.1) is 0 Å². The molecule has 0 aliphatic carbocycles. The third-order valence-electron chi connectivity index (χ3n) is 4.65. The van der Waals surface area contributed by atoms with Crippen LogP contribution in [0.4, 0.5) is 8.78 Å². The van der Waals surface area contributed by atoms with E-state index < -0.39 is 11.6 Å². The molecule has 1 aromatic heterocycles. The van der Waals surface area contributed by atoms with Gasteiger partial charge >= 0.3 is 0 Å². The van der Waals surface area contributed by atoms with E-state index in [0.29, 0.717) is 6.54 Å².